The molecule has 2 nitrogen and oxygen atoms in total. The van der Waals surface area contributed by atoms with Crippen LogP contribution in [0.15, 0.2) is 4.47 Å². The van der Waals surface area contributed by atoms with E-state index in [1.807, 2.05) is 6.92 Å². The number of thiol groups is 1. The topological polar surface area (TPSA) is 17.8 Å². The highest BCUT2D eigenvalue weighted by atomic mass is 79.9. The summed E-state index contributed by atoms with van der Waals surface area (Å²) in [6.45, 7) is 11.8. The summed E-state index contributed by atoms with van der Waals surface area (Å²) in [5, 5.41) is 4.55. The lowest BCUT2D eigenvalue weighted by atomic mass is 9.82. The molecule has 0 aliphatic carbocycles. The van der Waals surface area contributed by atoms with Gasteiger partial charge in [-0.25, -0.2) is 0 Å². The molecular formula is C12H21BrN2S. The van der Waals surface area contributed by atoms with E-state index in [0.717, 1.165) is 22.5 Å². The van der Waals surface area contributed by atoms with E-state index < -0.39 is 0 Å². The third-order valence-corrected chi connectivity index (χ3v) is 4.72. The first kappa shape index (κ1) is 14.1. The fraction of sp³-hybridized carbons (Fsp3) is 0.750. The summed E-state index contributed by atoms with van der Waals surface area (Å²) in [5.74, 6) is 1.42. The molecule has 0 saturated carbocycles. The molecule has 1 aromatic heterocycles. The van der Waals surface area contributed by atoms with Crippen molar-refractivity contribution in [1.29, 1.82) is 0 Å². The van der Waals surface area contributed by atoms with Crippen molar-refractivity contribution in [3.05, 3.63) is 15.9 Å². The maximum atomic E-state index is 4.55. The zero-order valence-corrected chi connectivity index (χ0v) is 13.2. The molecule has 1 atom stereocenters. The number of aryl methyl sites for hydroxylation is 1. The smallest absolute Gasteiger partial charge is 0.0738 e. The molecular weight excluding hydrogens is 284 g/mol. The molecule has 0 amide bonds. The van der Waals surface area contributed by atoms with Gasteiger partial charge < -0.3 is 0 Å². The predicted molar refractivity (Wildman–Crippen MR) is 76.2 cm³/mol. The van der Waals surface area contributed by atoms with E-state index >= 15 is 0 Å². The van der Waals surface area contributed by atoms with Crippen LogP contribution >= 0.6 is 28.6 Å². The lowest BCUT2D eigenvalue weighted by Crippen LogP contribution is -2.27. The maximum Gasteiger partial charge on any atom is 0.0738 e. The summed E-state index contributed by atoms with van der Waals surface area (Å²) in [7, 11) is 0. The standard InChI is InChI=1S/C12H21BrN2S/c1-8-11(13)9(2)15(14-8)6-10(7-16)12(3,4)5/h10,16H,6-7H2,1-5H3. The molecule has 0 bridgehead atoms. The SMILES string of the molecule is Cc1nn(CC(CS)C(C)(C)C)c(C)c1Br. The molecule has 4 heteroatoms. The van der Waals surface area contributed by atoms with E-state index in [4.69, 9.17) is 0 Å². The van der Waals surface area contributed by atoms with Crippen LogP contribution in [-0.2, 0) is 6.54 Å². The van der Waals surface area contributed by atoms with Crippen LogP contribution in [0.4, 0.5) is 0 Å². The van der Waals surface area contributed by atoms with E-state index in [2.05, 4.69) is 66.0 Å². The number of halogens is 1. The lowest BCUT2D eigenvalue weighted by Gasteiger charge is -2.29. The van der Waals surface area contributed by atoms with Crippen LogP contribution in [0.25, 0.3) is 0 Å². The zero-order chi connectivity index (χ0) is 12.5. The Morgan fingerprint density at radius 3 is 2.25 bits per heavy atom. The summed E-state index contributed by atoms with van der Waals surface area (Å²) in [6.07, 6.45) is 0. The summed E-state index contributed by atoms with van der Waals surface area (Å²) < 4.78 is 3.21. The predicted octanol–water partition coefficient (Wildman–Crippen LogP) is 3.85. The van der Waals surface area contributed by atoms with E-state index in [1.54, 1.807) is 0 Å². The van der Waals surface area contributed by atoms with Gasteiger partial charge in [0.1, 0.15) is 0 Å². The van der Waals surface area contributed by atoms with Crippen molar-refractivity contribution in [3.8, 4) is 0 Å². The van der Waals surface area contributed by atoms with Crippen molar-refractivity contribution in [3.63, 3.8) is 0 Å². The molecule has 92 valence electrons. The fourth-order valence-corrected chi connectivity index (χ4v) is 2.61. The van der Waals surface area contributed by atoms with Crippen molar-refractivity contribution in [1.82, 2.24) is 9.78 Å². The highest BCUT2D eigenvalue weighted by Gasteiger charge is 2.25. The van der Waals surface area contributed by atoms with Gasteiger partial charge in [0.05, 0.1) is 10.2 Å². The first-order valence-corrected chi connectivity index (χ1v) is 7.00. The average molecular weight is 305 g/mol. The Balaban J connectivity index is 2.91. The molecule has 0 spiro atoms. The Hall–Kier alpha value is 0.0400. The summed E-state index contributed by atoms with van der Waals surface area (Å²) in [5.41, 5.74) is 2.53. The Kier molecular flexibility index (Phi) is 4.52. The Morgan fingerprint density at radius 2 is 1.94 bits per heavy atom. The monoisotopic (exact) mass is 304 g/mol. The van der Waals surface area contributed by atoms with Crippen LogP contribution in [0.1, 0.15) is 32.2 Å². The highest BCUT2D eigenvalue weighted by molar-refractivity contribution is 9.10. The fourth-order valence-electron chi connectivity index (χ4n) is 1.67. The molecule has 0 N–H and O–H groups in total. The van der Waals surface area contributed by atoms with Gasteiger partial charge in [-0.3, -0.25) is 4.68 Å². The normalized spacial score (nSPS) is 14.2. The molecule has 0 aliphatic rings. The van der Waals surface area contributed by atoms with Gasteiger partial charge in [0, 0.05) is 12.2 Å². The van der Waals surface area contributed by atoms with E-state index in [1.165, 1.54) is 5.69 Å². The Morgan fingerprint density at radius 1 is 1.38 bits per heavy atom. The summed E-state index contributed by atoms with van der Waals surface area (Å²) in [4.78, 5) is 0. The molecule has 1 unspecified atom stereocenters. The molecule has 0 saturated heterocycles. The van der Waals surface area contributed by atoms with Crippen molar-refractivity contribution in [2.24, 2.45) is 11.3 Å². The van der Waals surface area contributed by atoms with Crippen molar-refractivity contribution in [2.75, 3.05) is 5.75 Å². The number of hydrogen-bond donors (Lipinski definition) is 1. The van der Waals surface area contributed by atoms with Gasteiger partial charge in [-0.05, 0) is 46.9 Å². The minimum absolute atomic E-state index is 0.264. The molecule has 0 fully saturated rings. The minimum Gasteiger partial charge on any atom is -0.268 e. The van der Waals surface area contributed by atoms with Crippen LogP contribution in [0, 0.1) is 25.2 Å². The van der Waals surface area contributed by atoms with Crippen molar-refractivity contribution >= 4 is 28.6 Å². The van der Waals surface area contributed by atoms with Crippen LogP contribution < -0.4 is 0 Å². The van der Waals surface area contributed by atoms with Gasteiger partial charge >= 0.3 is 0 Å². The minimum atomic E-state index is 0.264. The molecule has 1 rings (SSSR count). The Labute approximate surface area is 112 Å². The summed E-state index contributed by atoms with van der Waals surface area (Å²) >= 11 is 8.01. The third-order valence-electron chi connectivity index (χ3n) is 3.13. The number of hydrogen-bond acceptors (Lipinski definition) is 2. The largest absolute Gasteiger partial charge is 0.268 e. The second-order valence-corrected chi connectivity index (χ2v) is 6.57. The lowest BCUT2D eigenvalue weighted by molar-refractivity contribution is 0.229. The van der Waals surface area contributed by atoms with Gasteiger partial charge in [-0.2, -0.15) is 17.7 Å². The Bertz CT molecular complexity index is 366. The number of nitrogens with zero attached hydrogens (tertiary/aromatic N) is 2. The zero-order valence-electron chi connectivity index (χ0n) is 10.7. The second kappa shape index (κ2) is 5.13. The molecule has 1 aromatic rings. The maximum absolute atomic E-state index is 4.55. The van der Waals surface area contributed by atoms with E-state index in [-0.39, 0.29) is 5.41 Å². The van der Waals surface area contributed by atoms with Gasteiger partial charge in [-0.15, -0.1) is 0 Å². The van der Waals surface area contributed by atoms with Crippen LogP contribution in [0.3, 0.4) is 0 Å². The first-order valence-electron chi connectivity index (χ1n) is 5.57. The molecule has 1 heterocycles. The van der Waals surface area contributed by atoms with Gasteiger partial charge in [0.2, 0.25) is 0 Å². The highest BCUT2D eigenvalue weighted by Crippen LogP contribution is 2.29. The molecule has 16 heavy (non-hydrogen) atoms. The second-order valence-electron chi connectivity index (χ2n) is 5.41. The van der Waals surface area contributed by atoms with Gasteiger partial charge in [0.15, 0.2) is 0 Å². The first-order chi connectivity index (χ1) is 7.27. The van der Waals surface area contributed by atoms with Crippen LogP contribution in [0.2, 0.25) is 0 Å². The molecule has 0 radical (unpaired) electrons. The number of rotatable bonds is 3. The van der Waals surface area contributed by atoms with Gasteiger partial charge in [0.25, 0.3) is 0 Å². The number of aromatic nitrogens is 2. The average Bonchev–Trinajstić information content (AvgIpc) is 2.40. The quantitative estimate of drug-likeness (QED) is 0.840. The third kappa shape index (κ3) is 3.04. The molecule has 0 aliphatic heterocycles. The van der Waals surface area contributed by atoms with Crippen molar-refractivity contribution in [2.45, 2.75) is 41.2 Å². The van der Waals surface area contributed by atoms with E-state index in [9.17, 15) is 0 Å². The van der Waals surface area contributed by atoms with Gasteiger partial charge in [-0.1, -0.05) is 20.8 Å². The van der Waals surface area contributed by atoms with E-state index in [0.29, 0.717) is 5.92 Å². The summed E-state index contributed by atoms with van der Waals surface area (Å²) in [6, 6.07) is 0. The van der Waals surface area contributed by atoms with Crippen LogP contribution in [-0.4, -0.2) is 15.5 Å². The van der Waals surface area contributed by atoms with Crippen LogP contribution in [0.5, 0.6) is 0 Å². The van der Waals surface area contributed by atoms with Crippen molar-refractivity contribution < 1.29 is 0 Å². The molecule has 0 aromatic carbocycles.